The van der Waals surface area contributed by atoms with Gasteiger partial charge in [0.2, 0.25) is 0 Å². The molecule has 0 aromatic rings. The molecule has 3 heteroatoms. The van der Waals surface area contributed by atoms with Gasteiger partial charge in [0.1, 0.15) is 0 Å². The third kappa shape index (κ3) is 3.65. The largest absolute Gasteiger partial charge is 0.392 e. The molecule has 2 fully saturated rings. The Morgan fingerprint density at radius 2 is 1.80 bits per heavy atom. The SMILES string of the molecule is OC(CNC1CCSCC1)C1CCCC1. The molecule has 1 saturated heterocycles. The predicted molar refractivity (Wildman–Crippen MR) is 66.3 cm³/mol. The maximum Gasteiger partial charge on any atom is 0.0692 e. The van der Waals surface area contributed by atoms with E-state index in [1.165, 1.54) is 50.0 Å². The smallest absolute Gasteiger partial charge is 0.0692 e. The molecule has 0 aromatic heterocycles. The number of aliphatic hydroxyl groups excluding tert-OH is 1. The first kappa shape index (κ1) is 11.7. The van der Waals surface area contributed by atoms with E-state index in [-0.39, 0.29) is 6.10 Å². The van der Waals surface area contributed by atoms with E-state index in [0.717, 1.165) is 6.54 Å². The van der Waals surface area contributed by atoms with Gasteiger partial charge < -0.3 is 10.4 Å². The second-order valence-electron chi connectivity index (χ2n) is 4.91. The zero-order valence-electron chi connectivity index (χ0n) is 9.45. The van der Waals surface area contributed by atoms with E-state index in [1.807, 2.05) is 0 Å². The first-order valence-electron chi connectivity index (χ1n) is 6.35. The van der Waals surface area contributed by atoms with Gasteiger partial charge >= 0.3 is 0 Å². The van der Waals surface area contributed by atoms with E-state index in [0.29, 0.717) is 12.0 Å². The fourth-order valence-corrected chi connectivity index (χ4v) is 3.80. The van der Waals surface area contributed by atoms with Crippen LogP contribution in [0.2, 0.25) is 0 Å². The maximum atomic E-state index is 10.0. The van der Waals surface area contributed by atoms with Crippen molar-refractivity contribution in [2.45, 2.75) is 50.7 Å². The van der Waals surface area contributed by atoms with Gasteiger partial charge in [0.05, 0.1) is 6.10 Å². The highest BCUT2D eigenvalue weighted by Crippen LogP contribution is 2.27. The van der Waals surface area contributed by atoms with Gasteiger partial charge in [-0.1, -0.05) is 12.8 Å². The van der Waals surface area contributed by atoms with E-state index in [1.54, 1.807) is 0 Å². The fraction of sp³-hybridized carbons (Fsp3) is 1.00. The molecule has 1 aliphatic carbocycles. The van der Waals surface area contributed by atoms with Gasteiger partial charge in [-0.25, -0.2) is 0 Å². The van der Waals surface area contributed by atoms with E-state index in [9.17, 15) is 5.11 Å². The summed E-state index contributed by atoms with van der Waals surface area (Å²) in [6.07, 6.45) is 7.59. The Kier molecular flexibility index (Phi) is 4.79. The van der Waals surface area contributed by atoms with Crippen LogP contribution in [-0.2, 0) is 0 Å². The van der Waals surface area contributed by atoms with Gasteiger partial charge in [-0.05, 0) is 43.1 Å². The second-order valence-corrected chi connectivity index (χ2v) is 6.13. The quantitative estimate of drug-likeness (QED) is 0.773. The summed E-state index contributed by atoms with van der Waals surface area (Å²) in [7, 11) is 0. The lowest BCUT2D eigenvalue weighted by molar-refractivity contribution is 0.105. The van der Waals surface area contributed by atoms with Gasteiger partial charge in [0.15, 0.2) is 0 Å². The van der Waals surface area contributed by atoms with Crippen molar-refractivity contribution in [1.29, 1.82) is 0 Å². The highest BCUT2D eigenvalue weighted by Gasteiger charge is 2.23. The molecule has 0 radical (unpaired) electrons. The summed E-state index contributed by atoms with van der Waals surface area (Å²) in [5.41, 5.74) is 0. The van der Waals surface area contributed by atoms with Crippen LogP contribution >= 0.6 is 11.8 Å². The fourth-order valence-electron chi connectivity index (χ4n) is 2.70. The van der Waals surface area contributed by atoms with E-state index in [2.05, 4.69) is 17.1 Å². The van der Waals surface area contributed by atoms with Crippen LogP contribution in [0.1, 0.15) is 38.5 Å². The van der Waals surface area contributed by atoms with Crippen LogP contribution in [0.25, 0.3) is 0 Å². The number of nitrogens with one attached hydrogen (secondary N) is 1. The van der Waals surface area contributed by atoms with Crippen molar-refractivity contribution >= 4 is 11.8 Å². The molecule has 0 spiro atoms. The lowest BCUT2D eigenvalue weighted by Crippen LogP contribution is -2.40. The highest BCUT2D eigenvalue weighted by molar-refractivity contribution is 7.99. The molecule has 0 amide bonds. The van der Waals surface area contributed by atoms with Crippen molar-refractivity contribution < 1.29 is 5.11 Å². The Labute approximate surface area is 97.2 Å². The molecule has 0 aromatic carbocycles. The maximum absolute atomic E-state index is 10.0. The van der Waals surface area contributed by atoms with Crippen molar-refractivity contribution in [3.05, 3.63) is 0 Å². The molecule has 2 N–H and O–H groups in total. The van der Waals surface area contributed by atoms with Crippen molar-refractivity contribution in [2.24, 2.45) is 5.92 Å². The van der Waals surface area contributed by atoms with Crippen LogP contribution in [0, 0.1) is 5.92 Å². The number of thioether (sulfide) groups is 1. The van der Waals surface area contributed by atoms with Crippen LogP contribution in [0.4, 0.5) is 0 Å². The first-order valence-corrected chi connectivity index (χ1v) is 7.51. The van der Waals surface area contributed by atoms with Crippen LogP contribution in [0.5, 0.6) is 0 Å². The molecule has 15 heavy (non-hydrogen) atoms. The number of aliphatic hydroxyl groups is 1. The summed E-state index contributed by atoms with van der Waals surface area (Å²) in [6.45, 7) is 0.819. The molecule has 1 atom stereocenters. The Balaban J connectivity index is 1.63. The topological polar surface area (TPSA) is 32.3 Å². The van der Waals surface area contributed by atoms with Crippen molar-refractivity contribution in [3.63, 3.8) is 0 Å². The van der Waals surface area contributed by atoms with Crippen LogP contribution in [0.3, 0.4) is 0 Å². The van der Waals surface area contributed by atoms with Gasteiger partial charge in [-0.15, -0.1) is 0 Å². The molecule has 1 aliphatic heterocycles. The lowest BCUT2D eigenvalue weighted by atomic mass is 10.0. The minimum absolute atomic E-state index is 0.0953. The number of rotatable bonds is 4. The lowest BCUT2D eigenvalue weighted by Gasteiger charge is -2.25. The van der Waals surface area contributed by atoms with E-state index < -0.39 is 0 Å². The molecular formula is C12H23NOS. The van der Waals surface area contributed by atoms with E-state index in [4.69, 9.17) is 0 Å². The van der Waals surface area contributed by atoms with Crippen LogP contribution in [0.15, 0.2) is 0 Å². The monoisotopic (exact) mass is 229 g/mol. The Morgan fingerprint density at radius 3 is 2.47 bits per heavy atom. The molecule has 1 heterocycles. The summed E-state index contributed by atoms with van der Waals surface area (Å²) in [4.78, 5) is 0. The normalized spacial score (nSPS) is 27.0. The minimum atomic E-state index is -0.0953. The van der Waals surface area contributed by atoms with Gasteiger partial charge in [-0.2, -0.15) is 11.8 Å². The number of hydrogen-bond acceptors (Lipinski definition) is 3. The van der Waals surface area contributed by atoms with Crippen molar-refractivity contribution in [3.8, 4) is 0 Å². The minimum Gasteiger partial charge on any atom is -0.392 e. The van der Waals surface area contributed by atoms with Crippen molar-refractivity contribution in [2.75, 3.05) is 18.1 Å². The molecule has 2 rings (SSSR count). The average Bonchev–Trinajstić information content (AvgIpc) is 2.81. The Morgan fingerprint density at radius 1 is 1.13 bits per heavy atom. The third-order valence-electron chi connectivity index (χ3n) is 3.78. The molecule has 1 unspecified atom stereocenters. The summed E-state index contributed by atoms with van der Waals surface area (Å²) < 4.78 is 0. The summed E-state index contributed by atoms with van der Waals surface area (Å²) in [5, 5.41) is 13.5. The average molecular weight is 229 g/mol. The Bertz CT molecular complexity index is 176. The molecule has 0 bridgehead atoms. The summed E-state index contributed by atoms with van der Waals surface area (Å²) in [6, 6.07) is 0.669. The molecule has 2 aliphatic rings. The van der Waals surface area contributed by atoms with Crippen LogP contribution < -0.4 is 5.32 Å². The van der Waals surface area contributed by atoms with E-state index >= 15 is 0 Å². The second kappa shape index (κ2) is 6.12. The first-order chi connectivity index (χ1) is 7.36. The number of hydrogen-bond donors (Lipinski definition) is 2. The van der Waals surface area contributed by atoms with Gasteiger partial charge in [-0.3, -0.25) is 0 Å². The summed E-state index contributed by atoms with van der Waals surface area (Å²) >= 11 is 2.06. The third-order valence-corrected chi connectivity index (χ3v) is 4.83. The predicted octanol–water partition coefficient (Wildman–Crippen LogP) is 2.02. The van der Waals surface area contributed by atoms with Crippen molar-refractivity contribution in [1.82, 2.24) is 5.32 Å². The molecule has 2 nitrogen and oxygen atoms in total. The zero-order chi connectivity index (χ0) is 10.5. The standard InChI is InChI=1S/C12H23NOS/c14-12(10-3-1-2-4-10)9-13-11-5-7-15-8-6-11/h10-14H,1-9H2. The highest BCUT2D eigenvalue weighted by atomic mass is 32.2. The Hall–Kier alpha value is 0.270. The van der Waals surface area contributed by atoms with Crippen LogP contribution in [-0.4, -0.2) is 35.3 Å². The molecular weight excluding hydrogens is 206 g/mol. The summed E-state index contributed by atoms with van der Waals surface area (Å²) in [5.74, 6) is 3.16. The molecule has 1 saturated carbocycles. The molecule has 88 valence electrons. The van der Waals surface area contributed by atoms with Gasteiger partial charge in [0.25, 0.3) is 0 Å². The zero-order valence-corrected chi connectivity index (χ0v) is 10.3. The van der Waals surface area contributed by atoms with Gasteiger partial charge in [0, 0.05) is 12.6 Å².